The molecule has 1 aliphatic carbocycles. The molecular weight excluding hydrogens is 212 g/mol. The second-order valence-corrected chi connectivity index (χ2v) is 4.95. The van der Waals surface area contributed by atoms with Gasteiger partial charge < -0.3 is 10.6 Å². The fourth-order valence-electron chi connectivity index (χ4n) is 1.95. The molecule has 1 unspecified atom stereocenters. The van der Waals surface area contributed by atoms with E-state index in [0.29, 0.717) is 5.95 Å². The van der Waals surface area contributed by atoms with Crippen molar-refractivity contribution in [3.05, 3.63) is 11.8 Å². The summed E-state index contributed by atoms with van der Waals surface area (Å²) in [7, 11) is 0. The summed E-state index contributed by atoms with van der Waals surface area (Å²) >= 11 is 0. The average Bonchev–Trinajstić information content (AvgIpc) is 3.13. The standard InChI is InChI=1S/C13H22N4/c1-4-14-13-16-8-10(3)12(17-13)15-7-9(2)11-5-6-11/h8-9,11H,4-7H2,1-3H3,(H2,14,15,16,17). The van der Waals surface area contributed by atoms with Crippen LogP contribution in [0.3, 0.4) is 0 Å². The third-order valence-electron chi connectivity index (χ3n) is 3.32. The van der Waals surface area contributed by atoms with E-state index in [1.807, 2.05) is 20.0 Å². The zero-order valence-electron chi connectivity index (χ0n) is 11.0. The molecule has 0 saturated heterocycles. The molecule has 1 aromatic heterocycles. The number of hydrogen-bond acceptors (Lipinski definition) is 4. The van der Waals surface area contributed by atoms with Crippen LogP contribution in [0.2, 0.25) is 0 Å². The molecule has 0 amide bonds. The Morgan fingerprint density at radius 1 is 1.41 bits per heavy atom. The Balaban J connectivity index is 1.95. The van der Waals surface area contributed by atoms with Gasteiger partial charge in [-0.05, 0) is 38.5 Å². The van der Waals surface area contributed by atoms with E-state index < -0.39 is 0 Å². The largest absolute Gasteiger partial charge is 0.369 e. The molecule has 2 rings (SSSR count). The van der Waals surface area contributed by atoms with E-state index >= 15 is 0 Å². The first kappa shape index (κ1) is 12.1. The van der Waals surface area contributed by atoms with Gasteiger partial charge in [0.1, 0.15) is 5.82 Å². The summed E-state index contributed by atoms with van der Waals surface area (Å²) in [5.74, 6) is 3.34. The number of hydrogen-bond donors (Lipinski definition) is 2. The van der Waals surface area contributed by atoms with Crippen LogP contribution in [0.5, 0.6) is 0 Å². The van der Waals surface area contributed by atoms with E-state index in [1.54, 1.807) is 0 Å². The monoisotopic (exact) mass is 234 g/mol. The van der Waals surface area contributed by atoms with Gasteiger partial charge in [-0.1, -0.05) is 6.92 Å². The average molecular weight is 234 g/mol. The molecule has 2 N–H and O–H groups in total. The van der Waals surface area contributed by atoms with Crippen molar-refractivity contribution in [2.24, 2.45) is 11.8 Å². The van der Waals surface area contributed by atoms with Gasteiger partial charge in [-0.15, -0.1) is 0 Å². The summed E-state index contributed by atoms with van der Waals surface area (Å²) in [5, 5.41) is 6.58. The predicted molar refractivity (Wildman–Crippen MR) is 71.3 cm³/mol. The third-order valence-corrected chi connectivity index (χ3v) is 3.32. The second kappa shape index (κ2) is 5.34. The van der Waals surface area contributed by atoms with E-state index in [2.05, 4.69) is 27.5 Å². The van der Waals surface area contributed by atoms with Gasteiger partial charge in [0.15, 0.2) is 0 Å². The first-order valence-corrected chi connectivity index (χ1v) is 6.52. The molecule has 0 bridgehead atoms. The van der Waals surface area contributed by atoms with Crippen molar-refractivity contribution >= 4 is 11.8 Å². The van der Waals surface area contributed by atoms with Gasteiger partial charge in [0, 0.05) is 24.8 Å². The highest BCUT2D eigenvalue weighted by atomic mass is 15.1. The van der Waals surface area contributed by atoms with Crippen LogP contribution in [0, 0.1) is 18.8 Å². The van der Waals surface area contributed by atoms with Crippen LogP contribution >= 0.6 is 0 Å². The zero-order chi connectivity index (χ0) is 12.3. The van der Waals surface area contributed by atoms with Crippen LogP contribution in [0.1, 0.15) is 32.3 Å². The van der Waals surface area contributed by atoms with Crippen LogP contribution in [0.25, 0.3) is 0 Å². The molecule has 4 heteroatoms. The van der Waals surface area contributed by atoms with E-state index in [-0.39, 0.29) is 0 Å². The highest BCUT2D eigenvalue weighted by molar-refractivity contribution is 5.46. The van der Waals surface area contributed by atoms with Crippen LogP contribution in [-0.4, -0.2) is 23.1 Å². The Morgan fingerprint density at radius 2 is 2.18 bits per heavy atom. The Morgan fingerprint density at radius 3 is 2.82 bits per heavy atom. The van der Waals surface area contributed by atoms with Crippen molar-refractivity contribution in [2.75, 3.05) is 23.7 Å². The van der Waals surface area contributed by atoms with Gasteiger partial charge in [-0.3, -0.25) is 0 Å². The minimum atomic E-state index is 0.708. The molecule has 0 radical (unpaired) electrons. The summed E-state index contributed by atoms with van der Waals surface area (Å²) < 4.78 is 0. The maximum absolute atomic E-state index is 4.48. The molecule has 0 aromatic carbocycles. The Bertz CT molecular complexity index is 374. The molecule has 1 heterocycles. The lowest BCUT2D eigenvalue weighted by atomic mass is 10.1. The Hall–Kier alpha value is -1.32. The van der Waals surface area contributed by atoms with Crippen LogP contribution in [0.15, 0.2) is 6.20 Å². The molecule has 17 heavy (non-hydrogen) atoms. The van der Waals surface area contributed by atoms with Gasteiger partial charge >= 0.3 is 0 Å². The highest BCUT2D eigenvalue weighted by Crippen LogP contribution is 2.36. The SMILES string of the molecule is CCNc1ncc(C)c(NCC(C)C2CC2)n1. The lowest BCUT2D eigenvalue weighted by Gasteiger charge is -2.14. The van der Waals surface area contributed by atoms with Crippen molar-refractivity contribution < 1.29 is 0 Å². The molecule has 0 spiro atoms. The number of nitrogens with one attached hydrogen (secondary N) is 2. The van der Waals surface area contributed by atoms with Crippen LogP contribution in [-0.2, 0) is 0 Å². The van der Waals surface area contributed by atoms with Crippen molar-refractivity contribution in [2.45, 2.75) is 33.6 Å². The topological polar surface area (TPSA) is 49.8 Å². The summed E-state index contributed by atoms with van der Waals surface area (Å²) in [6.45, 7) is 8.26. The molecule has 4 nitrogen and oxygen atoms in total. The smallest absolute Gasteiger partial charge is 0.224 e. The molecule has 1 atom stereocenters. The normalized spacial score (nSPS) is 16.6. The predicted octanol–water partition coefficient (Wildman–Crippen LogP) is 2.67. The molecule has 1 saturated carbocycles. The van der Waals surface area contributed by atoms with Crippen LogP contribution < -0.4 is 10.6 Å². The summed E-state index contributed by atoms with van der Waals surface area (Å²) in [6, 6.07) is 0. The van der Waals surface area contributed by atoms with Crippen molar-refractivity contribution in [3.8, 4) is 0 Å². The first-order chi connectivity index (χ1) is 8.20. The van der Waals surface area contributed by atoms with Gasteiger partial charge in [0.2, 0.25) is 5.95 Å². The Labute approximate surface area is 103 Å². The highest BCUT2D eigenvalue weighted by Gasteiger charge is 2.27. The second-order valence-electron chi connectivity index (χ2n) is 4.95. The fraction of sp³-hybridized carbons (Fsp3) is 0.692. The van der Waals surface area contributed by atoms with E-state index in [1.165, 1.54) is 12.8 Å². The lowest BCUT2D eigenvalue weighted by molar-refractivity contribution is 0.535. The quantitative estimate of drug-likeness (QED) is 0.794. The lowest BCUT2D eigenvalue weighted by Crippen LogP contribution is -2.15. The molecule has 0 aliphatic heterocycles. The van der Waals surface area contributed by atoms with E-state index in [0.717, 1.165) is 36.3 Å². The minimum Gasteiger partial charge on any atom is -0.369 e. The Kier molecular flexibility index (Phi) is 3.82. The fourth-order valence-corrected chi connectivity index (χ4v) is 1.95. The van der Waals surface area contributed by atoms with Crippen molar-refractivity contribution in [3.63, 3.8) is 0 Å². The van der Waals surface area contributed by atoms with Gasteiger partial charge in [-0.2, -0.15) is 4.98 Å². The van der Waals surface area contributed by atoms with Gasteiger partial charge in [-0.25, -0.2) is 4.98 Å². The first-order valence-electron chi connectivity index (χ1n) is 6.52. The molecule has 1 aliphatic rings. The maximum Gasteiger partial charge on any atom is 0.224 e. The number of rotatable bonds is 6. The maximum atomic E-state index is 4.48. The number of anilines is 2. The minimum absolute atomic E-state index is 0.708. The third kappa shape index (κ3) is 3.32. The van der Waals surface area contributed by atoms with Crippen LogP contribution in [0.4, 0.5) is 11.8 Å². The van der Waals surface area contributed by atoms with Crippen molar-refractivity contribution in [1.82, 2.24) is 9.97 Å². The summed E-state index contributed by atoms with van der Waals surface area (Å²) in [6.07, 6.45) is 4.66. The number of nitrogens with zero attached hydrogens (tertiary/aromatic N) is 2. The van der Waals surface area contributed by atoms with Crippen molar-refractivity contribution in [1.29, 1.82) is 0 Å². The van der Waals surface area contributed by atoms with Gasteiger partial charge in [0.25, 0.3) is 0 Å². The zero-order valence-corrected chi connectivity index (χ0v) is 11.0. The van der Waals surface area contributed by atoms with E-state index in [9.17, 15) is 0 Å². The summed E-state index contributed by atoms with van der Waals surface area (Å²) in [5.41, 5.74) is 1.11. The number of aryl methyl sites for hydroxylation is 1. The molecule has 1 fully saturated rings. The summed E-state index contributed by atoms with van der Waals surface area (Å²) in [4.78, 5) is 8.72. The molecular formula is C13H22N4. The molecule has 1 aromatic rings. The van der Waals surface area contributed by atoms with E-state index in [4.69, 9.17) is 0 Å². The van der Waals surface area contributed by atoms with Gasteiger partial charge in [0.05, 0.1) is 0 Å². The molecule has 94 valence electrons. The number of aromatic nitrogens is 2.